The van der Waals surface area contributed by atoms with Crippen molar-refractivity contribution in [2.45, 2.75) is 13.1 Å². The van der Waals surface area contributed by atoms with E-state index in [0.29, 0.717) is 23.5 Å². The molecule has 0 atom stereocenters. The summed E-state index contributed by atoms with van der Waals surface area (Å²) in [6.45, 7) is 2.32. The van der Waals surface area contributed by atoms with Gasteiger partial charge >= 0.3 is 6.18 Å². The molecule has 0 aliphatic heterocycles. The third-order valence-electron chi connectivity index (χ3n) is 4.64. The Hall–Kier alpha value is -4.75. The first-order chi connectivity index (χ1) is 16.8. The van der Waals surface area contributed by atoms with Crippen molar-refractivity contribution in [3.63, 3.8) is 0 Å². The van der Waals surface area contributed by atoms with Crippen LogP contribution in [-0.2, 0) is 6.18 Å². The van der Waals surface area contributed by atoms with E-state index >= 15 is 0 Å². The van der Waals surface area contributed by atoms with Gasteiger partial charge in [-0.2, -0.15) is 23.0 Å². The van der Waals surface area contributed by atoms with Gasteiger partial charge in [0.1, 0.15) is 11.4 Å². The summed E-state index contributed by atoms with van der Waals surface area (Å²) >= 11 is 0. The van der Waals surface area contributed by atoms with E-state index in [2.05, 4.69) is 35.8 Å². The predicted molar refractivity (Wildman–Crippen MR) is 117 cm³/mol. The van der Waals surface area contributed by atoms with Gasteiger partial charge in [0.2, 0.25) is 11.6 Å². The highest BCUT2D eigenvalue weighted by Gasteiger charge is 2.30. The van der Waals surface area contributed by atoms with Crippen LogP contribution in [0.25, 0.3) is 17.1 Å². The fraction of sp³-hybridized carbons (Fsp3) is 0.143. The lowest BCUT2D eigenvalue weighted by Gasteiger charge is -2.08. The summed E-state index contributed by atoms with van der Waals surface area (Å²) in [6, 6.07) is 11.0. The number of anilines is 1. The van der Waals surface area contributed by atoms with Crippen LogP contribution in [0.15, 0.2) is 58.3 Å². The zero-order valence-electron chi connectivity index (χ0n) is 18.0. The van der Waals surface area contributed by atoms with Crippen LogP contribution in [0.4, 0.5) is 19.0 Å². The van der Waals surface area contributed by atoms with Crippen molar-refractivity contribution in [2.75, 3.05) is 12.3 Å². The highest BCUT2D eigenvalue weighted by molar-refractivity contribution is 5.98. The summed E-state index contributed by atoms with van der Waals surface area (Å²) in [5.74, 6) is -0.175. The topological polar surface area (TPSA) is 146 Å². The first-order valence-electron chi connectivity index (χ1n) is 10.1. The minimum Gasteiger partial charge on any atom is -0.494 e. The minimum absolute atomic E-state index is 0.0219. The van der Waals surface area contributed by atoms with E-state index in [1.165, 1.54) is 23.0 Å². The highest BCUT2D eigenvalue weighted by Crippen LogP contribution is 2.29. The number of halogens is 3. The zero-order valence-corrected chi connectivity index (χ0v) is 18.0. The molecule has 0 unspecified atom stereocenters. The number of hydrazone groups is 1. The summed E-state index contributed by atoms with van der Waals surface area (Å²) in [5.41, 5.74) is 8.23. The number of ether oxygens (including phenoxy) is 1. The third-order valence-corrected chi connectivity index (χ3v) is 4.64. The fourth-order valence-corrected chi connectivity index (χ4v) is 3.03. The van der Waals surface area contributed by atoms with Gasteiger partial charge in [0.25, 0.3) is 5.91 Å². The van der Waals surface area contributed by atoms with Crippen molar-refractivity contribution in [1.29, 1.82) is 0 Å². The molecule has 0 aliphatic rings. The number of carbonyl (C=O) groups is 1. The maximum atomic E-state index is 12.8. The quantitative estimate of drug-likeness (QED) is 0.299. The lowest BCUT2D eigenvalue weighted by atomic mass is 10.1. The second kappa shape index (κ2) is 9.62. The number of amides is 1. The Labute approximate surface area is 195 Å². The molecule has 2 aromatic carbocycles. The molecule has 0 saturated heterocycles. The largest absolute Gasteiger partial charge is 0.494 e. The lowest BCUT2D eigenvalue weighted by molar-refractivity contribution is -0.137. The molecule has 0 spiro atoms. The van der Waals surface area contributed by atoms with Gasteiger partial charge in [0.05, 0.1) is 18.4 Å². The van der Waals surface area contributed by atoms with Gasteiger partial charge < -0.3 is 10.5 Å². The summed E-state index contributed by atoms with van der Waals surface area (Å²) in [5, 5.41) is 18.9. The van der Waals surface area contributed by atoms with Crippen LogP contribution in [0.5, 0.6) is 5.75 Å². The third kappa shape index (κ3) is 5.10. The number of benzene rings is 2. The normalized spacial score (nSPS) is 11.7. The second-order valence-electron chi connectivity index (χ2n) is 6.95. The molecule has 4 rings (SSSR count). The van der Waals surface area contributed by atoms with Gasteiger partial charge in [-0.1, -0.05) is 17.3 Å². The number of nitrogens with zero attached hydrogens (tertiary/aromatic N) is 6. The number of nitrogen functional groups attached to an aromatic ring is 1. The number of nitrogens with two attached hydrogens (primary N) is 1. The molecule has 11 nitrogen and oxygen atoms in total. The van der Waals surface area contributed by atoms with Crippen molar-refractivity contribution >= 4 is 17.9 Å². The number of nitrogens with one attached hydrogen (secondary N) is 1. The summed E-state index contributed by atoms with van der Waals surface area (Å²) < 4.78 is 49.4. The minimum atomic E-state index is -4.45. The molecule has 14 heteroatoms. The molecule has 0 saturated carbocycles. The zero-order chi connectivity index (χ0) is 25.0. The monoisotopic (exact) mass is 486 g/mol. The van der Waals surface area contributed by atoms with Gasteiger partial charge in [-0.25, -0.2) is 10.1 Å². The van der Waals surface area contributed by atoms with E-state index < -0.39 is 17.6 Å². The van der Waals surface area contributed by atoms with E-state index in [4.69, 9.17) is 10.5 Å². The van der Waals surface area contributed by atoms with Gasteiger partial charge in [0.15, 0.2) is 5.69 Å². The van der Waals surface area contributed by atoms with Crippen LogP contribution in [0.2, 0.25) is 0 Å². The second-order valence-corrected chi connectivity index (χ2v) is 6.95. The standard InChI is InChI=1S/C21H17F3N8O3/c1-2-34-15-9-5-13(6-10-15)17-16(27-31-32(17)19-18(25)29-35-30-19)20(33)28-26-11-12-3-7-14(8-4-12)21(22,23)24/h3-11H,2H2,1H3,(H2,25,29)(H,28,33)/b26-11-. The number of alkyl halides is 3. The molecule has 2 aromatic heterocycles. The summed E-state index contributed by atoms with van der Waals surface area (Å²) in [4.78, 5) is 12.8. The van der Waals surface area contributed by atoms with Crippen LogP contribution in [-0.4, -0.2) is 44.0 Å². The van der Waals surface area contributed by atoms with Gasteiger partial charge in [0, 0.05) is 5.56 Å². The molecular formula is C21H17F3N8O3. The van der Waals surface area contributed by atoms with Gasteiger partial charge in [-0.3, -0.25) is 4.79 Å². The van der Waals surface area contributed by atoms with Crippen molar-refractivity contribution in [3.8, 4) is 22.8 Å². The van der Waals surface area contributed by atoms with Gasteiger partial charge in [-0.05, 0) is 59.2 Å². The van der Waals surface area contributed by atoms with Crippen LogP contribution in [0.3, 0.4) is 0 Å². The molecule has 35 heavy (non-hydrogen) atoms. The van der Waals surface area contributed by atoms with Crippen molar-refractivity contribution in [2.24, 2.45) is 5.10 Å². The van der Waals surface area contributed by atoms with Crippen LogP contribution in [0.1, 0.15) is 28.5 Å². The predicted octanol–water partition coefficient (Wildman–Crippen LogP) is 3.08. The molecule has 2 heterocycles. The molecule has 3 N–H and O–H groups in total. The Morgan fingerprint density at radius 3 is 2.49 bits per heavy atom. The van der Waals surface area contributed by atoms with Gasteiger partial charge in [-0.15, -0.1) is 5.10 Å². The smallest absolute Gasteiger partial charge is 0.416 e. The van der Waals surface area contributed by atoms with E-state index in [0.717, 1.165) is 12.1 Å². The number of rotatable bonds is 7. The molecular weight excluding hydrogens is 469 g/mol. The van der Waals surface area contributed by atoms with Crippen LogP contribution < -0.4 is 15.9 Å². The summed E-state index contributed by atoms with van der Waals surface area (Å²) in [6.07, 6.45) is -3.26. The molecule has 4 aromatic rings. The Balaban J connectivity index is 1.61. The molecule has 0 bridgehead atoms. The average Bonchev–Trinajstić information content (AvgIpc) is 3.45. The van der Waals surface area contributed by atoms with E-state index in [1.807, 2.05) is 6.92 Å². The van der Waals surface area contributed by atoms with Crippen LogP contribution >= 0.6 is 0 Å². The van der Waals surface area contributed by atoms with E-state index in [9.17, 15) is 18.0 Å². The molecule has 1 amide bonds. The fourth-order valence-electron chi connectivity index (χ4n) is 3.03. The van der Waals surface area contributed by atoms with Crippen molar-refractivity contribution in [1.82, 2.24) is 30.7 Å². The SMILES string of the molecule is CCOc1ccc(-c2c(C(=O)N/N=C\c3ccc(C(F)(F)F)cc3)nnn2-c2nonc2N)cc1. The lowest BCUT2D eigenvalue weighted by Crippen LogP contribution is -2.19. The molecule has 0 fully saturated rings. The highest BCUT2D eigenvalue weighted by atomic mass is 19.4. The molecule has 180 valence electrons. The Morgan fingerprint density at radius 2 is 1.89 bits per heavy atom. The van der Waals surface area contributed by atoms with Crippen molar-refractivity contribution < 1.29 is 27.3 Å². The first kappa shape index (κ1) is 23.4. The Morgan fingerprint density at radius 1 is 1.17 bits per heavy atom. The number of hydrogen-bond donors (Lipinski definition) is 2. The number of carbonyl (C=O) groups excluding carboxylic acids is 1. The average molecular weight is 486 g/mol. The van der Waals surface area contributed by atoms with E-state index in [1.54, 1.807) is 24.3 Å². The number of hydrogen-bond acceptors (Lipinski definition) is 9. The number of aromatic nitrogens is 5. The Kier molecular flexibility index (Phi) is 6.44. The molecule has 0 radical (unpaired) electrons. The summed E-state index contributed by atoms with van der Waals surface area (Å²) in [7, 11) is 0. The molecule has 0 aliphatic carbocycles. The Bertz CT molecular complexity index is 1350. The van der Waals surface area contributed by atoms with Crippen molar-refractivity contribution in [3.05, 3.63) is 65.4 Å². The maximum absolute atomic E-state index is 12.8. The van der Waals surface area contributed by atoms with Crippen LogP contribution in [0, 0.1) is 0 Å². The first-order valence-corrected chi connectivity index (χ1v) is 10.1. The maximum Gasteiger partial charge on any atom is 0.416 e. The van der Waals surface area contributed by atoms with E-state index in [-0.39, 0.29) is 23.0 Å².